The lowest BCUT2D eigenvalue weighted by Crippen LogP contribution is -2.15. The predicted molar refractivity (Wildman–Crippen MR) is 95.4 cm³/mol. The van der Waals surface area contributed by atoms with Crippen LogP contribution in [0.25, 0.3) is 16.7 Å². The highest BCUT2D eigenvalue weighted by Gasteiger charge is 2.08. The first-order valence-corrected chi connectivity index (χ1v) is 7.86. The molecule has 6 heteroatoms. The average molecular weight is 329 g/mol. The van der Waals surface area contributed by atoms with E-state index in [1.807, 2.05) is 42.5 Å². The van der Waals surface area contributed by atoms with Crippen molar-refractivity contribution < 1.29 is 4.79 Å². The van der Waals surface area contributed by atoms with Gasteiger partial charge in [0, 0.05) is 12.4 Å². The number of carbonyl (C=O) groups excluding carboxylic acids is 1. The van der Waals surface area contributed by atoms with Crippen molar-refractivity contribution in [3.8, 4) is 5.95 Å². The van der Waals surface area contributed by atoms with Gasteiger partial charge in [-0.2, -0.15) is 0 Å². The summed E-state index contributed by atoms with van der Waals surface area (Å²) in [5.41, 5.74) is 1.56. The lowest BCUT2D eigenvalue weighted by molar-refractivity contribution is -0.115. The summed E-state index contributed by atoms with van der Waals surface area (Å²) in [6.07, 6.45) is 8.50. The Morgan fingerprint density at radius 1 is 1.04 bits per heavy atom. The first-order valence-electron chi connectivity index (χ1n) is 7.86. The van der Waals surface area contributed by atoms with Crippen LogP contribution in [0.2, 0.25) is 0 Å². The molecule has 0 aliphatic rings. The van der Waals surface area contributed by atoms with Crippen molar-refractivity contribution in [1.82, 2.24) is 19.5 Å². The summed E-state index contributed by atoms with van der Waals surface area (Å²) in [7, 11) is 0. The van der Waals surface area contributed by atoms with Gasteiger partial charge in [0.05, 0.1) is 24.5 Å². The van der Waals surface area contributed by atoms with E-state index in [0.29, 0.717) is 18.1 Å². The van der Waals surface area contributed by atoms with Gasteiger partial charge in [-0.25, -0.2) is 15.0 Å². The lowest BCUT2D eigenvalue weighted by Gasteiger charge is -2.08. The highest BCUT2D eigenvalue weighted by molar-refractivity contribution is 5.96. The van der Waals surface area contributed by atoms with E-state index in [1.54, 1.807) is 35.7 Å². The first kappa shape index (κ1) is 15.0. The standard InChI is InChI=1S/C19H15N5O/c25-18(10-15-6-3-5-14-4-1-2-7-17(14)15)23-16-11-21-19(22-12-16)24-9-8-20-13-24/h1-9,11-13H,10H2,(H,23,25). The number of amides is 1. The predicted octanol–water partition coefficient (Wildman–Crippen LogP) is 3.00. The van der Waals surface area contributed by atoms with E-state index < -0.39 is 0 Å². The van der Waals surface area contributed by atoms with E-state index in [1.165, 1.54) is 0 Å². The molecule has 0 aliphatic heterocycles. The van der Waals surface area contributed by atoms with Crippen molar-refractivity contribution in [2.24, 2.45) is 0 Å². The van der Waals surface area contributed by atoms with Crippen LogP contribution in [-0.4, -0.2) is 25.4 Å². The molecule has 1 amide bonds. The summed E-state index contributed by atoms with van der Waals surface area (Å²) < 4.78 is 1.70. The van der Waals surface area contributed by atoms with Crippen LogP contribution in [0.1, 0.15) is 5.56 Å². The highest BCUT2D eigenvalue weighted by atomic mass is 16.1. The molecule has 0 atom stereocenters. The minimum atomic E-state index is -0.102. The summed E-state index contributed by atoms with van der Waals surface area (Å²) in [4.78, 5) is 24.8. The third-order valence-electron chi connectivity index (χ3n) is 3.89. The van der Waals surface area contributed by atoms with Gasteiger partial charge in [0.15, 0.2) is 0 Å². The number of hydrogen-bond donors (Lipinski definition) is 1. The van der Waals surface area contributed by atoms with E-state index in [0.717, 1.165) is 16.3 Å². The zero-order valence-electron chi connectivity index (χ0n) is 13.3. The summed E-state index contributed by atoms with van der Waals surface area (Å²) in [5, 5.41) is 5.05. The van der Waals surface area contributed by atoms with Crippen molar-refractivity contribution in [1.29, 1.82) is 0 Å². The van der Waals surface area contributed by atoms with Crippen LogP contribution in [-0.2, 0) is 11.2 Å². The zero-order valence-corrected chi connectivity index (χ0v) is 13.3. The molecule has 0 unspecified atom stereocenters. The van der Waals surface area contributed by atoms with Crippen LogP contribution >= 0.6 is 0 Å². The molecule has 122 valence electrons. The van der Waals surface area contributed by atoms with Crippen LogP contribution in [0.5, 0.6) is 0 Å². The van der Waals surface area contributed by atoms with Crippen molar-refractivity contribution in [2.45, 2.75) is 6.42 Å². The fraction of sp³-hybridized carbons (Fsp3) is 0.0526. The number of benzene rings is 2. The number of anilines is 1. The molecule has 0 spiro atoms. The van der Waals surface area contributed by atoms with E-state index in [2.05, 4.69) is 20.3 Å². The summed E-state index contributed by atoms with van der Waals surface area (Å²) in [5.74, 6) is 0.403. The van der Waals surface area contributed by atoms with Gasteiger partial charge in [-0.1, -0.05) is 42.5 Å². The van der Waals surface area contributed by atoms with Gasteiger partial charge < -0.3 is 5.32 Å². The SMILES string of the molecule is O=C(Cc1cccc2ccccc12)Nc1cnc(-n2ccnc2)nc1. The Bertz CT molecular complexity index is 1000. The topological polar surface area (TPSA) is 72.7 Å². The Morgan fingerprint density at radius 2 is 1.84 bits per heavy atom. The molecule has 0 saturated heterocycles. The van der Waals surface area contributed by atoms with Crippen molar-refractivity contribution >= 4 is 22.4 Å². The van der Waals surface area contributed by atoms with Gasteiger partial charge in [0.25, 0.3) is 0 Å². The van der Waals surface area contributed by atoms with Gasteiger partial charge in [0.1, 0.15) is 6.33 Å². The number of rotatable bonds is 4. The number of hydrogen-bond acceptors (Lipinski definition) is 4. The number of imidazole rings is 1. The molecule has 2 aromatic heterocycles. The van der Waals surface area contributed by atoms with Crippen LogP contribution in [0.3, 0.4) is 0 Å². The van der Waals surface area contributed by atoms with Crippen molar-refractivity contribution in [3.63, 3.8) is 0 Å². The van der Waals surface area contributed by atoms with Crippen LogP contribution in [0, 0.1) is 0 Å². The Balaban J connectivity index is 1.48. The van der Waals surface area contributed by atoms with Crippen molar-refractivity contribution in [3.05, 3.63) is 79.1 Å². The fourth-order valence-corrected chi connectivity index (χ4v) is 2.72. The molecule has 0 fully saturated rings. The van der Waals surface area contributed by atoms with Gasteiger partial charge >= 0.3 is 0 Å². The highest BCUT2D eigenvalue weighted by Crippen LogP contribution is 2.19. The molecule has 0 bridgehead atoms. The number of fused-ring (bicyclic) bond motifs is 1. The maximum absolute atomic E-state index is 12.4. The smallest absolute Gasteiger partial charge is 0.234 e. The molecule has 4 rings (SSSR count). The normalized spacial score (nSPS) is 10.7. The van der Waals surface area contributed by atoms with Gasteiger partial charge in [0.2, 0.25) is 11.9 Å². The second-order valence-electron chi connectivity index (χ2n) is 5.60. The first-order chi connectivity index (χ1) is 12.3. The number of aromatic nitrogens is 4. The molecule has 4 aromatic rings. The third-order valence-corrected chi connectivity index (χ3v) is 3.89. The molecule has 2 aromatic carbocycles. The maximum atomic E-state index is 12.4. The number of nitrogens with one attached hydrogen (secondary N) is 1. The third kappa shape index (κ3) is 3.23. The molecule has 25 heavy (non-hydrogen) atoms. The fourth-order valence-electron chi connectivity index (χ4n) is 2.72. The molecule has 6 nitrogen and oxygen atoms in total. The molecule has 0 radical (unpaired) electrons. The molecule has 0 aliphatic carbocycles. The van der Waals surface area contributed by atoms with Crippen LogP contribution in [0.15, 0.2) is 73.6 Å². The minimum Gasteiger partial charge on any atom is -0.323 e. The molecular formula is C19H15N5O. The summed E-state index contributed by atoms with van der Waals surface area (Å²) in [6.45, 7) is 0. The summed E-state index contributed by atoms with van der Waals surface area (Å²) >= 11 is 0. The second-order valence-corrected chi connectivity index (χ2v) is 5.60. The van der Waals surface area contributed by atoms with Gasteiger partial charge in [-0.05, 0) is 16.3 Å². The molecule has 1 N–H and O–H groups in total. The second kappa shape index (κ2) is 6.52. The van der Waals surface area contributed by atoms with E-state index in [4.69, 9.17) is 0 Å². The van der Waals surface area contributed by atoms with Gasteiger partial charge in [-0.3, -0.25) is 9.36 Å². The molecule has 2 heterocycles. The van der Waals surface area contributed by atoms with E-state index in [-0.39, 0.29) is 5.91 Å². The number of carbonyl (C=O) groups is 1. The Labute approximate surface area is 144 Å². The largest absolute Gasteiger partial charge is 0.323 e. The van der Waals surface area contributed by atoms with Crippen LogP contribution in [0.4, 0.5) is 5.69 Å². The zero-order chi connectivity index (χ0) is 17.1. The van der Waals surface area contributed by atoms with Crippen LogP contribution < -0.4 is 5.32 Å². The minimum absolute atomic E-state index is 0.102. The molecule has 0 saturated carbocycles. The number of nitrogens with zero attached hydrogens (tertiary/aromatic N) is 4. The Morgan fingerprint density at radius 3 is 2.64 bits per heavy atom. The molecular weight excluding hydrogens is 314 g/mol. The Kier molecular flexibility index (Phi) is 3.92. The van der Waals surface area contributed by atoms with E-state index >= 15 is 0 Å². The quantitative estimate of drug-likeness (QED) is 0.625. The Hall–Kier alpha value is -3.54. The monoisotopic (exact) mass is 329 g/mol. The van der Waals surface area contributed by atoms with Crippen molar-refractivity contribution in [2.75, 3.05) is 5.32 Å². The maximum Gasteiger partial charge on any atom is 0.234 e. The average Bonchev–Trinajstić information content (AvgIpc) is 3.17. The summed E-state index contributed by atoms with van der Waals surface area (Å²) in [6, 6.07) is 14.0. The lowest BCUT2D eigenvalue weighted by atomic mass is 10.0. The van der Waals surface area contributed by atoms with Gasteiger partial charge in [-0.15, -0.1) is 0 Å². The van der Waals surface area contributed by atoms with E-state index in [9.17, 15) is 4.79 Å².